The maximum absolute atomic E-state index is 2.50. The van der Waals surface area contributed by atoms with E-state index >= 15 is 0 Å². The van der Waals surface area contributed by atoms with Gasteiger partial charge in [0.1, 0.15) is 0 Å². The lowest BCUT2D eigenvalue weighted by molar-refractivity contribution is 0.723. The summed E-state index contributed by atoms with van der Waals surface area (Å²) in [5.41, 5.74) is 11.9. The molecule has 2 aliphatic carbocycles. The first-order valence-corrected chi connectivity index (χ1v) is 17.1. The summed E-state index contributed by atoms with van der Waals surface area (Å²) in [6.07, 6.45) is 8.39. The van der Waals surface area contributed by atoms with Crippen LogP contribution in [0.15, 0.2) is 140 Å². The number of aromatic nitrogens is 1. The van der Waals surface area contributed by atoms with Gasteiger partial charge in [0.05, 0.1) is 5.52 Å². The van der Waals surface area contributed by atoms with E-state index in [1.807, 2.05) is 0 Å². The van der Waals surface area contributed by atoms with Gasteiger partial charge in [-0.1, -0.05) is 128 Å². The second-order valence-electron chi connectivity index (χ2n) is 13.7. The van der Waals surface area contributed by atoms with Crippen LogP contribution < -0.4 is 0 Å². The number of hydrogen-bond acceptors (Lipinski definition) is 0. The van der Waals surface area contributed by atoms with E-state index in [0.29, 0.717) is 5.92 Å². The molecule has 47 heavy (non-hydrogen) atoms. The molecule has 0 spiro atoms. The fourth-order valence-electron chi connectivity index (χ4n) is 8.34. The molecule has 0 aliphatic heterocycles. The van der Waals surface area contributed by atoms with Crippen LogP contribution in [-0.4, -0.2) is 4.57 Å². The first-order valence-electron chi connectivity index (χ1n) is 17.1. The van der Waals surface area contributed by atoms with Crippen molar-refractivity contribution in [1.29, 1.82) is 0 Å². The molecule has 0 N–H and O–H groups in total. The summed E-state index contributed by atoms with van der Waals surface area (Å²) in [6, 6.07) is 50.3. The Morgan fingerprint density at radius 2 is 1.13 bits per heavy atom. The summed E-state index contributed by atoms with van der Waals surface area (Å²) in [4.78, 5) is 0. The quantitative estimate of drug-likeness (QED) is 0.177. The molecule has 1 saturated carbocycles. The van der Waals surface area contributed by atoms with E-state index < -0.39 is 0 Å². The third kappa shape index (κ3) is 4.16. The highest BCUT2D eigenvalue weighted by Gasteiger charge is 2.25. The van der Waals surface area contributed by atoms with Gasteiger partial charge in [-0.2, -0.15) is 0 Å². The first kappa shape index (κ1) is 26.8. The van der Waals surface area contributed by atoms with Gasteiger partial charge < -0.3 is 4.57 Å². The molecule has 1 unspecified atom stereocenters. The molecule has 2 aliphatic rings. The maximum atomic E-state index is 2.50. The van der Waals surface area contributed by atoms with Crippen molar-refractivity contribution < 1.29 is 0 Å². The summed E-state index contributed by atoms with van der Waals surface area (Å²) in [7, 11) is 0. The van der Waals surface area contributed by atoms with Gasteiger partial charge in [0.25, 0.3) is 0 Å². The molecule has 1 nitrogen and oxygen atoms in total. The van der Waals surface area contributed by atoms with Crippen molar-refractivity contribution in [2.45, 2.75) is 38.0 Å². The number of benzene rings is 7. The molecular formula is C46H35N. The summed E-state index contributed by atoms with van der Waals surface area (Å²) in [5, 5.41) is 9.16. The van der Waals surface area contributed by atoms with Gasteiger partial charge in [-0.15, -0.1) is 0 Å². The van der Waals surface area contributed by atoms with Crippen molar-refractivity contribution in [1.82, 2.24) is 4.57 Å². The summed E-state index contributed by atoms with van der Waals surface area (Å²) in [6.45, 7) is 2.35. The van der Waals surface area contributed by atoms with Crippen LogP contribution >= 0.6 is 0 Å². The molecule has 0 amide bonds. The normalized spacial score (nSPS) is 16.0. The second-order valence-corrected chi connectivity index (χ2v) is 13.7. The highest BCUT2D eigenvalue weighted by atomic mass is 15.0. The Morgan fingerprint density at radius 3 is 1.81 bits per heavy atom. The first-order chi connectivity index (χ1) is 23.2. The zero-order valence-corrected chi connectivity index (χ0v) is 26.6. The number of hydrogen-bond donors (Lipinski definition) is 0. The highest BCUT2D eigenvalue weighted by molar-refractivity contribution is 6.21. The molecule has 1 heteroatoms. The Kier molecular flexibility index (Phi) is 5.87. The lowest BCUT2D eigenvalue weighted by Crippen LogP contribution is -2.06. The summed E-state index contributed by atoms with van der Waals surface area (Å²) >= 11 is 0. The zero-order valence-electron chi connectivity index (χ0n) is 26.6. The van der Waals surface area contributed by atoms with Gasteiger partial charge in [0, 0.05) is 28.2 Å². The third-order valence-electron chi connectivity index (χ3n) is 10.7. The van der Waals surface area contributed by atoms with Gasteiger partial charge in [0.15, 0.2) is 0 Å². The summed E-state index contributed by atoms with van der Waals surface area (Å²) < 4.78 is 2.50. The molecule has 8 aromatic rings. The molecule has 0 radical (unpaired) electrons. The fraction of sp³-hybridized carbons (Fsp3) is 0.130. The highest BCUT2D eigenvalue weighted by Crippen LogP contribution is 2.46. The number of fused-ring (bicyclic) bond motifs is 6. The minimum atomic E-state index is 0.470. The van der Waals surface area contributed by atoms with Crippen LogP contribution in [0.4, 0.5) is 0 Å². The molecule has 0 saturated heterocycles. The van der Waals surface area contributed by atoms with E-state index in [4.69, 9.17) is 0 Å². The SMILES string of the molecule is CC1CC=Cc2c1n(-c1ccc(-c3c4ccccc4c(-c4ccc5cc(C6CC6)ccc5c4)c4ccccc34)cc1)c1ccccc21. The van der Waals surface area contributed by atoms with Crippen LogP contribution in [0.2, 0.25) is 0 Å². The average molecular weight is 602 g/mol. The minimum absolute atomic E-state index is 0.470. The second kappa shape index (κ2) is 10.3. The molecule has 0 bridgehead atoms. The molecule has 224 valence electrons. The third-order valence-corrected chi connectivity index (χ3v) is 10.7. The lowest BCUT2D eigenvalue weighted by Gasteiger charge is -2.20. The average Bonchev–Trinajstić information content (AvgIpc) is 3.92. The monoisotopic (exact) mass is 601 g/mol. The zero-order chi connectivity index (χ0) is 31.1. The fourth-order valence-corrected chi connectivity index (χ4v) is 8.34. The number of nitrogens with zero attached hydrogens (tertiary/aromatic N) is 1. The molecule has 1 atom stereocenters. The van der Waals surface area contributed by atoms with Crippen molar-refractivity contribution >= 4 is 49.3 Å². The lowest BCUT2D eigenvalue weighted by atomic mass is 9.85. The molecule has 10 rings (SSSR count). The molecular weight excluding hydrogens is 567 g/mol. The maximum Gasteiger partial charge on any atom is 0.0537 e. The van der Waals surface area contributed by atoms with Crippen molar-refractivity contribution in [3.8, 4) is 27.9 Å². The van der Waals surface area contributed by atoms with E-state index in [2.05, 4.69) is 157 Å². The van der Waals surface area contributed by atoms with Crippen LogP contribution in [0, 0.1) is 0 Å². The van der Waals surface area contributed by atoms with E-state index in [0.717, 1.165) is 12.3 Å². The van der Waals surface area contributed by atoms with Crippen LogP contribution in [0.25, 0.3) is 77.2 Å². The molecule has 1 heterocycles. The number of para-hydroxylation sites is 1. The van der Waals surface area contributed by atoms with E-state index in [1.165, 1.54) is 101 Å². The standard InChI is InChI=1S/C46H35N/c1-29-9-8-15-42-37-10-6-7-16-43(37)47(46(29)42)36-25-23-31(24-26-36)44-38-11-2-4-13-40(38)45(41-14-5-3-12-39(41)44)35-22-21-33-27-32(30-17-18-30)19-20-34(33)28-35/h2-8,10-16,19-30H,9,17-18H2,1H3. The van der Waals surface area contributed by atoms with Crippen LogP contribution in [0.5, 0.6) is 0 Å². The topological polar surface area (TPSA) is 4.93 Å². The Bertz CT molecular complexity index is 2500. The van der Waals surface area contributed by atoms with E-state index in [-0.39, 0.29) is 0 Å². The smallest absolute Gasteiger partial charge is 0.0537 e. The van der Waals surface area contributed by atoms with Crippen molar-refractivity contribution in [3.05, 3.63) is 156 Å². The molecule has 7 aromatic carbocycles. The van der Waals surface area contributed by atoms with Crippen LogP contribution in [-0.2, 0) is 0 Å². The minimum Gasteiger partial charge on any atom is -0.313 e. The van der Waals surface area contributed by atoms with E-state index in [9.17, 15) is 0 Å². The number of rotatable bonds is 4. The van der Waals surface area contributed by atoms with Crippen LogP contribution in [0.1, 0.15) is 54.8 Å². The van der Waals surface area contributed by atoms with Gasteiger partial charge in [-0.25, -0.2) is 0 Å². The van der Waals surface area contributed by atoms with Crippen molar-refractivity contribution in [2.24, 2.45) is 0 Å². The largest absolute Gasteiger partial charge is 0.313 e. The van der Waals surface area contributed by atoms with Crippen molar-refractivity contribution in [2.75, 3.05) is 0 Å². The van der Waals surface area contributed by atoms with E-state index in [1.54, 1.807) is 0 Å². The number of allylic oxidation sites excluding steroid dienone is 1. The molecule has 1 fully saturated rings. The Hall–Kier alpha value is -5.40. The molecule has 1 aromatic heterocycles. The Labute approximate surface area is 275 Å². The van der Waals surface area contributed by atoms with Crippen LogP contribution in [0.3, 0.4) is 0 Å². The predicted molar refractivity (Wildman–Crippen MR) is 201 cm³/mol. The Morgan fingerprint density at radius 1 is 0.553 bits per heavy atom. The Balaban J connectivity index is 1.16. The van der Waals surface area contributed by atoms with Gasteiger partial charge in [-0.05, 0) is 110 Å². The van der Waals surface area contributed by atoms with Gasteiger partial charge in [-0.3, -0.25) is 0 Å². The summed E-state index contributed by atoms with van der Waals surface area (Å²) in [5.74, 6) is 1.24. The van der Waals surface area contributed by atoms with Gasteiger partial charge >= 0.3 is 0 Å². The predicted octanol–water partition coefficient (Wildman–Crippen LogP) is 12.8. The van der Waals surface area contributed by atoms with Gasteiger partial charge in [0.2, 0.25) is 0 Å². The van der Waals surface area contributed by atoms with Crippen molar-refractivity contribution in [3.63, 3.8) is 0 Å².